The number of hydrogen-bond acceptors (Lipinski definition) is 3. The number of carbonyl (C=O) groups excluding carboxylic acids is 2. The predicted molar refractivity (Wildman–Crippen MR) is 63.1 cm³/mol. The van der Waals surface area contributed by atoms with Crippen LogP contribution >= 0.6 is 0 Å². The van der Waals surface area contributed by atoms with E-state index in [1.807, 2.05) is 6.07 Å². The lowest BCUT2D eigenvalue weighted by Gasteiger charge is -2.13. The third-order valence-electron chi connectivity index (χ3n) is 2.79. The molecule has 0 bridgehead atoms. The maximum absolute atomic E-state index is 12.2. The lowest BCUT2D eigenvalue weighted by Crippen LogP contribution is -2.40. The van der Waals surface area contributed by atoms with Gasteiger partial charge in [-0.25, -0.2) is 0 Å². The van der Waals surface area contributed by atoms with Crippen molar-refractivity contribution in [3.05, 3.63) is 29.8 Å². The maximum Gasteiger partial charge on any atom is 0.220 e. The van der Waals surface area contributed by atoms with Gasteiger partial charge in [-0.05, 0) is 12.1 Å². The van der Waals surface area contributed by atoms with Gasteiger partial charge >= 0.3 is 0 Å². The van der Waals surface area contributed by atoms with Crippen LogP contribution in [0, 0.1) is 0 Å². The molecule has 0 aliphatic carbocycles. The molecule has 1 aromatic carbocycles. The summed E-state index contributed by atoms with van der Waals surface area (Å²) in [5.41, 5.74) is 0.548. The average Bonchev–Trinajstić information content (AvgIpc) is 2.51. The van der Waals surface area contributed by atoms with Crippen LogP contribution in [0.3, 0.4) is 0 Å². The van der Waals surface area contributed by atoms with Gasteiger partial charge in [0.15, 0.2) is 5.78 Å². The van der Waals surface area contributed by atoms with E-state index in [2.05, 4.69) is 5.32 Å². The summed E-state index contributed by atoms with van der Waals surface area (Å²) in [6, 6.07) is 6.66. The van der Waals surface area contributed by atoms with Gasteiger partial charge in [-0.3, -0.25) is 9.59 Å². The van der Waals surface area contributed by atoms with Gasteiger partial charge in [0, 0.05) is 12.8 Å². The maximum atomic E-state index is 12.2. The Labute approximate surface area is 100.0 Å². The molecule has 4 nitrogen and oxygen atoms in total. The van der Waals surface area contributed by atoms with Gasteiger partial charge in [-0.2, -0.15) is 0 Å². The molecule has 1 heterocycles. The summed E-state index contributed by atoms with van der Waals surface area (Å²) in [6.45, 7) is 2.21. The van der Waals surface area contributed by atoms with Gasteiger partial charge in [0.1, 0.15) is 5.75 Å². The molecular formula is C13H15NO3. The van der Waals surface area contributed by atoms with Crippen molar-refractivity contribution < 1.29 is 14.3 Å². The molecule has 1 unspecified atom stereocenters. The highest BCUT2D eigenvalue weighted by atomic mass is 16.5. The van der Waals surface area contributed by atoms with Crippen molar-refractivity contribution in [1.29, 1.82) is 0 Å². The van der Waals surface area contributed by atoms with Crippen molar-refractivity contribution in [3.63, 3.8) is 0 Å². The molecule has 1 amide bonds. The molecule has 17 heavy (non-hydrogen) atoms. The number of carbonyl (C=O) groups is 2. The smallest absolute Gasteiger partial charge is 0.220 e. The van der Waals surface area contributed by atoms with E-state index in [4.69, 9.17) is 4.74 Å². The van der Waals surface area contributed by atoms with Crippen LogP contribution in [0.25, 0.3) is 0 Å². The SMILES string of the molecule is CCC(=O)NC1CCOc2ccccc2C1=O. The van der Waals surface area contributed by atoms with E-state index in [1.165, 1.54) is 0 Å². The third-order valence-corrected chi connectivity index (χ3v) is 2.79. The minimum atomic E-state index is -0.467. The Bertz CT molecular complexity index is 442. The first kappa shape index (κ1) is 11.6. The van der Waals surface area contributed by atoms with Crippen LogP contribution in [0.2, 0.25) is 0 Å². The predicted octanol–water partition coefficient (Wildman–Crippen LogP) is 1.55. The number of fused-ring (bicyclic) bond motifs is 1. The van der Waals surface area contributed by atoms with Crippen LogP contribution in [-0.2, 0) is 4.79 Å². The Hall–Kier alpha value is -1.84. The van der Waals surface area contributed by atoms with Crippen molar-refractivity contribution in [1.82, 2.24) is 5.32 Å². The molecule has 1 aliphatic heterocycles. The van der Waals surface area contributed by atoms with E-state index in [0.717, 1.165) is 0 Å². The van der Waals surface area contributed by atoms with E-state index in [0.29, 0.717) is 30.8 Å². The van der Waals surface area contributed by atoms with Gasteiger partial charge in [-0.15, -0.1) is 0 Å². The lowest BCUT2D eigenvalue weighted by molar-refractivity contribution is -0.121. The Balaban J connectivity index is 2.23. The fourth-order valence-electron chi connectivity index (χ4n) is 1.84. The molecule has 90 valence electrons. The van der Waals surface area contributed by atoms with E-state index in [9.17, 15) is 9.59 Å². The molecule has 1 aliphatic rings. The zero-order valence-electron chi connectivity index (χ0n) is 9.73. The summed E-state index contributed by atoms with van der Waals surface area (Å²) in [6.07, 6.45) is 0.894. The second-order valence-corrected chi connectivity index (χ2v) is 3.97. The second kappa shape index (κ2) is 4.99. The number of ketones is 1. The molecule has 0 saturated heterocycles. The summed E-state index contributed by atoms with van der Waals surface area (Å²) in [5.74, 6) is 0.424. The van der Waals surface area contributed by atoms with Crippen LogP contribution in [0.15, 0.2) is 24.3 Å². The van der Waals surface area contributed by atoms with Crippen LogP contribution in [0.1, 0.15) is 30.1 Å². The summed E-state index contributed by atoms with van der Waals surface area (Å²) >= 11 is 0. The highest BCUT2D eigenvalue weighted by Crippen LogP contribution is 2.23. The molecule has 1 aromatic rings. The Morgan fingerprint density at radius 3 is 3.00 bits per heavy atom. The van der Waals surface area contributed by atoms with Gasteiger partial charge in [0.25, 0.3) is 0 Å². The zero-order valence-corrected chi connectivity index (χ0v) is 9.73. The first-order chi connectivity index (χ1) is 8.22. The molecule has 4 heteroatoms. The van der Waals surface area contributed by atoms with Crippen molar-refractivity contribution >= 4 is 11.7 Å². The summed E-state index contributed by atoms with van der Waals surface area (Å²) < 4.78 is 5.49. The average molecular weight is 233 g/mol. The van der Waals surface area contributed by atoms with Crippen LogP contribution in [0.5, 0.6) is 5.75 Å². The Morgan fingerprint density at radius 1 is 1.47 bits per heavy atom. The van der Waals surface area contributed by atoms with E-state index >= 15 is 0 Å². The van der Waals surface area contributed by atoms with Crippen molar-refractivity contribution in [2.24, 2.45) is 0 Å². The first-order valence-corrected chi connectivity index (χ1v) is 5.77. The van der Waals surface area contributed by atoms with Gasteiger partial charge in [-0.1, -0.05) is 19.1 Å². The second-order valence-electron chi connectivity index (χ2n) is 3.97. The zero-order chi connectivity index (χ0) is 12.3. The number of hydrogen-bond donors (Lipinski definition) is 1. The fourth-order valence-corrected chi connectivity index (χ4v) is 1.84. The topological polar surface area (TPSA) is 55.4 Å². The number of nitrogens with one attached hydrogen (secondary N) is 1. The molecule has 0 fully saturated rings. The van der Waals surface area contributed by atoms with E-state index in [1.54, 1.807) is 25.1 Å². The highest BCUT2D eigenvalue weighted by molar-refractivity contribution is 6.04. The minimum Gasteiger partial charge on any atom is -0.493 e. The summed E-state index contributed by atoms with van der Waals surface area (Å²) in [5, 5.41) is 2.73. The highest BCUT2D eigenvalue weighted by Gasteiger charge is 2.26. The van der Waals surface area contributed by atoms with Gasteiger partial charge < -0.3 is 10.1 Å². The van der Waals surface area contributed by atoms with Crippen molar-refractivity contribution in [2.45, 2.75) is 25.8 Å². The third kappa shape index (κ3) is 2.46. The molecule has 0 radical (unpaired) electrons. The largest absolute Gasteiger partial charge is 0.493 e. The standard InChI is InChI=1S/C13H15NO3/c1-2-12(15)14-10-7-8-17-11-6-4-3-5-9(11)13(10)16/h3-6,10H,2,7-8H2,1H3,(H,14,15). The number of rotatable bonds is 2. The fraction of sp³-hybridized carbons (Fsp3) is 0.385. The van der Waals surface area contributed by atoms with E-state index < -0.39 is 6.04 Å². The molecule has 0 saturated carbocycles. The Morgan fingerprint density at radius 2 is 2.24 bits per heavy atom. The number of amides is 1. The quantitative estimate of drug-likeness (QED) is 0.843. The molecule has 1 atom stereocenters. The number of para-hydroxylation sites is 1. The van der Waals surface area contributed by atoms with Crippen LogP contribution in [0.4, 0.5) is 0 Å². The molecular weight excluding hydrogens is 218 g/mol. The molecule has 0 aromatic heterocycles. The number of benzene rings is 1. The Kier molecular flexibility index (Phi) is 3.42. The lowest BCUT2D eigenvalue weighted by atomic mass is 10.0. The van der Waals surface area contributed by atoms with E-state index in [-0.39, 0.29) is 11.7 Å². The molecule has 2 rings (SSSR count). The molecule has 1 N–H and O–H groups in total. The van der Waals surface area contributed by atoms with Gasteiger partial charge in [0.05, 0.1) is 18.2 Å². The monoisotopic (exact) mass is 233 g/mol. The first-order valence-electron chi connectivity index (χ1n) is 5.77. The molecule has 0 spiro atoms. The van der Waals surface area contributed by atoms with Gasteiger partial charge in [0.2, 0.25) is 5.91 Å². The summed E-state index contributed by atoms with van der Waals surface area (Å²) in [4.78, 5) is 23.5. The van der Waals surface area contributed by atoms with Crippen molar-refractivity contribution in [2.75, 3.05) is 6.61 Å². The summed E-state index contributed by atoms with van der Waals surface area (Å²) in [7, 11) is 0. The normalized spacial score (nSPS) is 18.9. The number of Topliss-reactive ketones (excluding diaryl/α,β-unsaturated/α-hetero) is 1. The van der Waals surface area contributed by atoms with Crippen LogP contribution < -0.4 is 10.1 Å². The number of ether oxygens (including phenoxy) is 1. The minimum absolute atomic E-state index is 0.0695. The van der Waals surface area contributed by atoms with Crippen LogP contribution in [-0.4, -0.2) is 24.3 Å². The van der Waals surface area contributed by atoms with Crippen molar-refractivity contribution in [3.8, 4) is 5.75 Å².